The van der Waals surface area contributed by atoms with Crippen LogP contribution in [0.5, 0.6) is 0 Å². The molecule has 1 fully saturated rings. The van der Waals surface area contributed by atoms with E-state index < -0.39 is 41.8 Å². The number of cyclic esters (lactones) is 1. The van der Waals surface area contributed by atoms with E-state index in [9.17, 15) is 24.3 Å². The third-order valence-corrected chi connectivity index (χ3v) is 9.65. The lowest BCUT2D eigenvalue weighted by Crippen LogP contribution is -2.52. The molecule has 4 amide bonds. The van der Waals surface area contributed by atoms with Gasteiger partial charge in [0.2, 0.25) is 11.8 Å². The number of aliphatic hydroxyl groups excluding tert-OH is 1. The number of aromatic nitrogens is 1. The average Bonchev–Trinajstić information content (AvgIpc) is 3.59. The second kappa shape index (κ2) is 12.8. The predicted octanol–water partition coefficient (Wildman–Crippen LogP) is 4.29. The monoisotopic (exact) mass is 670 g/mol. The molecule has 1 saturated heterocycles. The van der Waals surface area contributed by atoms with Crippen LogP contribution in [0.1, 0.15) is 58.6 Å². The molecule has 5 heterocycles. The largest absolute Gasteiger partial charge is 0.444 e. The maximum atomic E-state index is 15.7. The van der Waals surface area contributed by atoms with Gasteiger partial charge in [-0.1, -0.05) is 0 Å². The molecule has 6 rings (SSSR count). The summed E-state index contributed by atoms with van der Waals surface area (Å²) in [7, 11) is 0. The van der Waals surface area contributed by atoms with Crippen LogP contribution in [0.3, 0.4) is 0 Å². The highest BCUT2D eigenvalue weighted by atomic mass is 32.2. The van der Waals surface area contributed by atoms with Gasteiger partial charge in [0, 0.05) is 25.3 Å². The van der Waals surface area contributed by atoms with Crippen molar-refractivity contribution in [2.75, 3.05) is 58.6 Å². The number of fused-ring (bicyclic) bond motifs is 1. The third kappa shape index (κ3) is 6.42. The zero-order valence-corrected chi connectivity index (χ0v) is 27.6. The second-order valence-electron chi connectivity index (χ2n) is 13.0. The first-order valence-corrected chi connectivity index (χ1v) is 16.8. The van der Waals surface area contributed by atoms with Gasteiger partial charge in [-0.25, -0.2) is 19.0 Å². The predicted molar refractivity (Wildman–Crippen MR) is 173 cm³/mol. The van der Waals surface area contributed by atoms with Crippen molar-refractivity contribution >= 4 is 58.8 Å². The summed E-state index contributed by atoms with van der Waals surface area (Å²) < 4.78 is 27.1. The molecule has 4 aliphatic heterocycles. The Morgan fingerprint density at radius 2 is 1.96 bits per heavy atom. The molecule has 252 valence electrons. The number of nitrogens with zero attached hydrogens (tertiary/aromatic N) is 5. The summed E-state index contributed by atoms with van der Waals surface area (Å²) in [6.45, 7) is 7.86. The quantitative estimate of drug-likeness (QED) is 0.397. The van der Waals surface area contributed by atoms with Crippen LogP contribution in [-0.4, -0.2) is 95.3 Å². The number of hydrogen-bond acceptors (Lipinski definition) is 10. The Balaban J connectivity index is 1.20. The van der Waals surface area contributed by atoms with Crippen molar-refractivity contribution < 1.29 is 38.1 Å². The molecular formula is C32H39FN6O7S. The number of carbonyl (C=O) groups excluding carboxylic acids is 4. The van der Waals surface area contributed by atoms with E-state index in [1.54, 1.807) is 44.7 Å². The highest BCUT2D eigenvalue weighted by Crippen LogP contribution is 2.49. The summed E-state index contributed by atoms with van der Waals surface area (Å²) in [4.78, 5) is 63.5. The summed E-state index contributed by atoms with van der Waals surface area (Å²) in [5.74, 6) is 0.178. The Hall–Kier alpha value is -4.11. The maximum Gasteiger partial charge on any atom is 0.415 e. The molecule has 15 heteroatoms. The second-order valence-corrected chi connectivity index (χ2v) is 14.0. The number of pyridine rings is 1. The van der Waals surface area contributed by atoms with Crippen LogP contribution in [0, 0.1) is 5.82 Å². The highest BCUT2D eigenvalue weighted by molar-refractivity contribution is 8.00. The fraction of sp³-hybridized carbons (Fsp3) is 0.531. The molecule has 1 unspecified atom stereocenters. The smallest absolute Gasteiger partial charge is 0.415 e. The first-order valence-electron chi connectivity index (χ1n) is 15.8. The maximum absolute atomic E-state index is 15.7. The lowest BCUT2D eigenvalue weighted by Gasteiger charge is -2.40. The molecule has 0 radical (unpaired) electrons. The van der Waals surface area contributed by atoms with Crippen LogP contribution >= 0.6 is 11.8 Å². The van der Waals surface area contributed by atoms with Crippen molar-refractivity contribution in [1.82, 2.24) is 9.88 Å². The van der Waals surface area contributed by atoms with Crippen molar-refractivity contribution in [3.05, 3.63) is 35.6 Å². The molecule has 3 atom stereocenters. The standard InChI is InChI=1S/C32H39FN6O7S/c1-18-29(42)39-16-22(26-20(33)8-9-21(27(26)39)36(18)13-6-14-40)37(31(44)46-32(2,3)4)12-5-7-19-15-38(30(43)45-19)24-11-10-23-28(34-24)35-25(41)17-47-23/h8-11,18-19,22,40H,5-7,12-17H2,1-4H3,(H,34,35,41)/t18-,19-,22?/m1/s1. The van der Waals surface area contributed by atoms with E-state index in [0.29, 0.717) is 54.6 Å². The van der Waals surface area contributed by atoms with Crippen molar-refractivity contribution in [3.63, 3.8) is 0 Å². The molecule has 13 nitrogen and oxygen atoms in total. The van der Waals surface area contributed by atoms with E-state index in [2.05, 4.69) is 10.3 Å². The third-order valence-electron chi connectivity index (χ3n) is 8.60. The summed E-state index contributed by atoms with van der Waals surface area (Å²) in [5.41, 5.74) is 0.555. The van der Waals surface area contributed by atoms with Crippen LogP contribution in [-0.2, 0) is 19.1 Å². The molecule has 4 aliphatic rings. The van der Waals surface area contributed by atoms with Crippen molar-refractivity contribution in [2.24, 2.45) is 0 Å². The Morgan fingerprint density at radius 1 is 1.17 bits per heavy atom. The van der Waals surface area contributed by atoms with E-state index in [1.807, 2.05) is 11.0 Å². The van der Waals surface area contributed by atoms with E-state index in [-0.39, 0.29) is 43.6 Å². The number of halogens is 1. The fourth-order valence-electron chi connectivity index (χ4n) is 6.48. The van der Waals surface area contributed by atoms with Gasteiger partial charge in [0.05, 0.1) is 41.2 Å². The van der Waals surface area contributed by atoms with Crippen molar-refractivity contribution in [3.8, 4) is 0 Å². The van der Waals surface area contributed by atoms with Crippen molar-refractivity contribution in [2.45, 2.75) is 75.6 Å². The minimum absolute atomic E-state index is 0.0468. The SMILES string of the molecule is C[C@@H]1C(=O)N2CC(N(CCC[C@@H]3CN(c4ccc5c(n4)NC(=O)CS5)C(=O)O3)C(=O)OC(C)(C)C)c3c(F)ccc(c32)N1CCCO. The number of hydrogen-bond donors (Lipinski definition) is 2. The Bertz CT molecular complexity index is 1600. The summed E-state index contributed by atoms with van der Waals surface area (Å²) in [6, 6.07) is 5.19. The zero-order chi connectivity index (χ0) is 33.6. The molecular weight excluding hydrogens is 631 g/mol. The minimum Gasteiger partial charge on any atom is -0.444 e. The lowest BCUT2D eigenvalue weighted by molar-refractivity contribution is -0.120. The number of rotatable bonds is 9. The van der Waals surface area contributed by atoms with Crippen molar-refractivity contribution in [1.29, 1.82) is 0 Å². The van der Waals surface area contributed by atoms with Gasteiger partial charge in [-0.3, -0.25) is 19.4 Å². The lowest BCUT2D eigenvalue weighted by atomic mass is 10.0. The number of nitrogens with one attached hydrogen (secondary N) is 1. The van der Waals surface area contributed by atoms with Gasteiger partial charge in [-0.15, -0.1) is 11.8 Å². The van der Waals surface area contributed by atoms with Crippen LogP contribution in [0.2, 0.25) is 0 Å². The van der Waals surface area contributed by atoms with Gasteiger partial charge in [-0.05, 0) is 71.2 Å². The Morgan fingerprint density at radius 3 is 2.70 bits per heavy atom. The molecule has 0 spiro atoms. The van der Waals surface area contributed by atoms with E-state index >= 15 is 4.39 Å². The molecule has 47 heavy (non-hydrogen) atoms. The highest BCUT2D eigenvalue weighted by Gasteiger charge is 2.47. The van der Waals surface area contributed by atoms with Crippen LogP contribution in [0.25, 0.3) is 0 Å². The zero-order valence-electron chi connectivity index (χ0n) is 26.8. The molecule has 1 aromatic heterocycles. The van der Waals surface area contributed by atoms with Crippen LogP contribution in [0.4, 0.5) is 37.0 Å². The minimum atomic E-state index is -0.822. The fourth-order valence-corrected chi connectivity index (χ4v) is 7.24. The first kappa shape index (κ1) is 32.8. The van der Waals surface area contributed by atoms with Crippen LogP contribution in [0.15, 0.2) is 29.2 Å². The van der Waals surface area contributed by atoms with Gasteiger partial charge in [0.15, 0.2) is 0 Å². The molecule has 0 bridgehead atoms. The number of amides is 4. The van der Waals surface area contributed by atoms with E-state index in [1.165, 1.54) is 27.6 Å². The number of thioether (sulfide) groups is 1. The Labute approximate surface area is 276 Å². The molecule has 2 aromatic rings. The number of ether oxygens (including phenoxy) is 2. The normalized spacial score (nSPS) is 21.8. The van der Waals surface area contributed by atoms with Gasteiger partial charge < -0.3 is 29.7 Å². The van der Waals surface area contributed by atoms with E-state index in [4.69, 9.17) is 9.47 Å². The molecule has 0 aliphatic carbocycles. The topological polar surface area (TPSA) is 145 Å². The van der Waals surface area contributed by atoms with Gasteiger partial charge in [0.1, 0.15) is 35.2 Å². The number of aliphatic hydroxyl groups is 1. The van der Waals surface area contributed by atoms with Gasteiger partial charge in [0.25, 0.3) is 0 Å². The summed E-state index contributed by atoms with van der Waals surface area (Å²) in [6.07, 6.45) is -0.456. The van der Waals surface area contributed by atoms with Crippen LogP contribution < -0.4 is 20.0 Å². The summed E-state index contributed by atoms with van der Waals surface area (Å²) in [5, 5.41) is 12.2. The van der Waals surface area contributed by atoms with Gasteiger partial charge >= 0.3 is 12.2 Å². The number of benzene rings is 1. The molecule has 1 aromatic carbocycles. The Kier molecular flexibility index (Phi) is 8.96. The average molecular weight is 671 g/mol. The molecule has 2 N–H and O–H groups in total. The van der Waals surface area contributed by atoms with Gasteiger partial charge in [-0.2, -0.15) is 0 Å². The number of anilines is 4. The molecule has 0 saturated carbocycles. The van der Waals surface area contributed by atoms with E-state index in [0.717, 1.165) is 4.90 Å². The summed E-state index contributed by atoms with van der Waals surface area (Å²) >= 11 is 1.38. The number of carbonyl (C=O) groups is 4. The first-order chi connectivity index (χ1) is 22.4.